The molecule has 0 aliphatic carbocycles. The van der Waals surface area contributed by atoms with Crippen molar-refractivity contribution in [1.82, 2.24) is 0 Å². The minimum Gasteiger partial charge on any atom is -0.325 e. The second-order valence-corrected chi connectivity index (χ2v) is 9.99. The highest BCUT2D eigenvalue weighted by molar-refractivity contribution is 8.00. The summed E-state index contributed by atoms with van der Waals surface area (Å²) >= 11 is 7.33. The van der Waals surface area contributed by atoms with E-state index in [0.717, 1.165) is 4.90 Å². The van der Waals surface area contributed by atoms with Gasteiger partial charge in [0.25, 0.3) is 10.0 Å². The number of carbonyl (C=O) groups is 1. The molecule has 3 aromatic rings. The largest absolute Gasteiger partial charge is 0.325 e. The van der Waals surface area contributed by atoms with E-state index in [-0.39, 0.29) is 21.7 Å². The molecule has 0 heterocycles. The first kappa shape index (κ1) is 23.1. The average molecular weight is 479 g/mol. The molecule has 0 fully saturated rings. The average Bonchev–Trinajstić information content (AvgIpc) is 2.75. The maximum absolute atomic E-state index is 13.0. The van der Waals surface area contributed by atoms with Gasteiger partial charge in [0.15, 0.2) is 0 Å². The zero-order valence-electron chi connectivity index (χ0n) is 16.5. The number of carbonyl (C=O) groups excluding carboxylic acids is 1. The van der Waals surface area contributed by atoms with E-state index >= 15 is 0 Å². The Balaban J connectivity index is 1.65. The van der Waals surface area contributed by atoms with E-state index in [9.17, 15) is 17.6 Å². The molecule has 31 heavy (non-hydrogen) atoms. The molecule has 0 saturated carbocycles. The number of sulfonamides is 1. The second kappa shape index (κ2) is 10.2. The summed E-state index contributed by atoms with van der Waals surface area (Å²) in [5.41, 5.74) is 0.740. The molecule has 5 nitrogen and oxygen atoms in total. The molecule has 0 spiro atoms. The fourth-order valence-corrected chi connectivity index (χ4v) is 4.81. The van der Waals surface area contributed by atoms with Crippen LogP contribution in [0.1, 0.15) is 13.3 Å². The summed E-state index contributed by atoms with van der Waals surface area (Å²) < 4.78 is 40.4. The molecular weight excluding hydrogens is 459 g/mol. The number of nitrogens with one attached hydrogen (secondary N) is 2. The highest BCUT2D eigenvalue weighted by atomic mass is 35.5. The van der Waals surface area contributed by atoms with E-state index < -0.39 is 15.8 Å². The van der Waals surface area contributed by atoms with Gasteiger partial charge >= 0.3 is 0 Å². The van der Waals surface area contributed by atoms with Crippen molar-refractivity contribution in [2.24, 2.45) is 0 Å². The highest BCUT2D eigenvalue weighted by Gasteiger charge is 2.19. The van der Waals surface area contributed by atoms with Crippen molar-refractivity contribution in [2.75, 3.05) is 10.0 Å². The van der Waals surface area contributed by atoms with E-state index in [0.29, 0.717) is 17.1 Å². The molecule has 0 aromatic heterocycles. The summed E-state index contributed by atoms with van der Waals surface area (Å²) in [6.45, 7) is 1.92. The van der Waals surface area contributed by atoms with E-state index in [1.54, 1.807) is 12.1 Å². The van der Waals surface area contributed by atoms with E-state index in [2.05, 4.69) is 10.0 Å². The van der Waals surface area contributed by atoms with Crippen molar-refractivity contribution >= 4 is 50.7 Å². The van der Waals surface area contributed by atoms with Crippen molar-refractivity contribution in [3.63, 3.8) is 0 Å². The number of anilines is 2. The molecule has 0 bridgehead atoms. The van der Waals surface area contributed by atoms with E-state index in [4.69, 9.17) is 11.6 Å². The van der Waals surface area contributed by atoms with Crippen LogP contribution < -0.4 is 10.0 Å². The molecule has 162 valence electrons. The molecule has 0 aliphatic heterocycles. The normalized spacial score (nSPS) is 12.2. The summed E-state index contributed by atoms with van der Waals surface area (Å²) in [5, 5.41) is 3.13. The number of rotatable bonds is 8. The predicted octanol–water partition coefficient (Wildman–Crippen LogP) is 5.79. The first-order valence-electron chi connectivity index (χ1n) is 9.38. The molecule has 3 aromatic carbocycles. The molecule has 0 radical (unpaired) electrons. The summed E-state index contributed by atoms with van der Waals surface area (Å²) in [7, 11) is -3.84. The van der Waals surface area contributed by atoms with Crippen molar-refractivity contribution in [1.29, 1.82) is 0 Å². The summed E-state index contributed by atoms with van der Waals surface area (Å²) in [5.74, 6) is -0.634. The maximum atomic E-state index is 13.0. The van der Waals surface area contributed by atoms with Crippen LogP contribution in [0.25, 0.3) is 0 Å². The van der Waals surface area contributed by atoms with Crippen LogP contribution in [0.2, 0.25) is 5.02 Å². The Morgan fingerprint density at radius 2 is 1.55 bits per heavy atom. The molecule has 2 N–H and O–H groups in total. The Hall–Kier alpha value is -2.55. The molecule has 3 rings (SSSR count). The van der Waals surface area contributed by atoms with Gasteiger partial charge in [0.1, 0.15) is 5.82 Å². The van der Waals surface area contributed by atoms with Gasteiger partial charge in [-0.1, -0.05) is 18.5 Å². The lowest BCUT2D eigenvalue weighted by molar-refractivity contribution is -0.115. The van der Waals surface area contributed by atoms with Gasteiger partial charge in [0.2, 0.25) is 5.91 Å². The maximum Gasteiger partial charge on any atom is 0.261 e. The lowest BCUT2D eigenvalue weighted by Gasteiger charge is -2.15. The van der Waals surface area contributed by atoms with Crippen LogP contribution in [0.5, 0.6) is 0 Å². The third-order valence-corrected chi connectivity index (χ3v) is 7.31. The molecule has 0 unspecified atom stereocenters. The minimum absolute atomic E-state index is 0.0254. The van der Waals surface area contributed by atoms with Gasteiger partial charge in [-0.2, -0.15) is 0 Å². The number of hydrogen-bond donors (Lipinski definition) is 2. The number of halogens is 2. The van der Waals surface area contributed by atoms with Gasteiger partial charge in [-0.25, -0.2) is 12.8 Å². The van der Waals surface area contributed by atoms with Crippen molar-refractivity contribution in [3.8, 4) is 0 Å². The summed E-state index contributed by atoms with van der Waals surface area (Å²) in [6.07, 6.45) is 0.618. The second-order valence-electron chi connectivity index (χ2n) is 6.59. The Kier molecular flexibility index (Phi) is 7.59. The smallest absolute Gasteiger partial charge is 0.261 e. The van der Waals surface area contributed by atoms with Gasteiger partial charge in [-0.15, -0.1) is 11.8 Å². The van der Waals surface area contributed by atoms with Crippen LogP contribution >= 0.6 is 23.4 Å². The quantitative estimate of drug-likeness (QED) is 0.402. The van der Waals surface area contributed by atoms with Crippen LogP contribution in [0.15, 0.2) is 82.6 Å². The molecule has 0 saturated heterocycles. The fourth-order valence-electron chi connectivity index (χ4n) is 2.67. The lowest BCUT2D eigenvalue weighted by Crippen LogP contribution is -2.24. The van der Waals surface area contributed by atoms with E-state index in [1.165, 1.54) is 60.3 Å². The Morgan fingerprint density at radius 1 is 0.968 bits per heavy atom. The zero-order valence-corrected chi connectivity index (χ0v) is 18.9. The first-order valence-corrected chi connectivity index (χ1v) is 12.1. The van der Waals surface area contributed by atoms with Crippen LogP contribution in [-0.4, -0.2) is 19.6 Å². The highest BCUT2D eigenvalue weighted by Crippen LogP contribution is 2.28. The van der Waals surface area contributed by atoms with Gasteiger partial charge in [-0.3, -0.25) is 9.52 Å². The van der Waals surface area contributed by atoms with Crippen LogP contribution in [0.3, 0.4) is 0 Å². The molecular formula is C22H20ClFN2O3S2. The number of benzene rings is 3. The Bertz CT molecular complexity index is 1140. The summed E-state index contributed by atoms with van der Waals surface area (Å²) in [4.78, 5) is 13.6. The van der Waals surface area contributed by atoms with Crippen molar-refractivity contribution in [3.05, 3.63) is 83.6 Å². The molecule has 0 aliphatic rings. The number of thioether (sulfide) groups is 1. The van der Waals surface area contributed by atoms with Crippen LogP contribution in [0.4, 0.5) is 15.8 Å². The predicted molar refractivity (Wildman–Crippen MR) is 124 cm³/mol. The minimum atomic E-state index is -3.84. The zero-order chi connectivity index (χ0) is 22.4. The van der Waals surface area contributed by atoms with E-state index in [1.807, 2.05) is 19.1 Å². The Labute approximate surface area is 190 Å². The number of hydrogen-bond acceptors (Lipinski definition) is 4. The molecule has 1 atom stereocenters. The SMILES string of the molecule is CC[C@H](Sc1ccc(Cl)cc1)C(=O)Nc1ccc(S(=O)(=O)Nc2ccc(F)cc2)cc1. The topological polar surface area (TPSA) is 75.3 Å². The van der Waals surface area contributed by atoms with Crippen LogP contribution in [0, 0.1) is 5.82 Å². The number of amides is 1. The van der Waals surface area contributed by atoms with Gasteiger partial charge in [-0.05, 0) is 79.2 Å². The summed E-state index contributed by atoms with van der Waals surface area (Å²) in [6, 6.07) is 18.1. The first-order chi connectivity index (χ1) is 14.8. The molecule has 9 heteroatoms. The third kappa shape index (κ3) is 6.46. The van der Waals surface area contributed by atoms with Gasteiger partial charge < -0.3 is 5.32 Å². The monoisotopic (exact) mass is 478 g/mol. The van der Waals surface area contributed by atoms with Gasteiger partial charge in [0.05, 0.1) is 10.1 Å². The lowest BCUT2D eigenvalue weighted by atomic mass is 10.3. The third-order valence-electron chi connectivity index (χ3n) is 4.28. The standard InChI is InChI=1S/C22H20ClFN2O3S2/c1-2-21(30-19-11-3-15(23)4-12-19)22(27)25-17-9-13-20(14-10-17)31(28,29)26-18-7-5-16(24)6-8-18/h3-14,21,26H,2H2,1H3,(H,25,27)/t21-/m0/s1. The van der Waals surface area contributed by atoms with Crippen molar-refractivity contribution < 1.29 is 17.6 Å². The van der Waals surface area contributed by atoms with Crippen molar-refractivity contribution in [2.45, 2.75) is 28.4 Å². The fraction of sp³-hybridized carbons (Fsp3) is 0.136. The van der Waals surface area contributed by atoms with Crippen LogP contribution in [-0.2, 0) is 14.8 Å². The van der Waals surface area contributed by atoms with Gasteiger partial charge in [0, 0.05) is 21.3 Å². The molecule has 1 amide bonds. The Morgan fingerprint density at radius 3 is 2.13 bits per heavy atom.